The molecule has 0 aromatic heterocycles. The zero-order valence-electron chi connectivity index (χ0n) is 8.26. The van der Waals surface area contributed by atoms with E-state index >= 15 is 0 Å². The lowest BCUT2D eigenvalue weighted by Gasteiger charge is -2.22. The Morgan fingerprint density at radius 1 is 1.31 bits per heavy atom. The van der Waals surface area contributed by atoms with Gasteiger partial charge in [0, 0.05) is 6.04 Å². The average molecular weight is 177 g/mol. The summed E-state index contributed by atoms with van der Waals surface area (Å²) in [5.74, 6) is 0.632. The number of hydrogen-bond donors (Lipinski definition) is 1. The van der Waals surface area contributed by atoms with Crippen LogP contribution in [0.2, 0.25) is 0 Å². The molecule has 0 saturated heterocycles. The molecule has 13 heavy (non-hydrogen) atoms. The van der Waals surface area contributed by atoms with Gasteiger partial charge in [0.2, 0.25) is 0 Å². The van der Waals surface area contributed by atoms with E-state index in [9.17, 15) is 0 Å². The van der Waals surface area contributed by atoms with Gasteiger partial charge in [0.15, 0.2) is 0 Å². The molecule has 2 unspecified atom stereocenters. The minimum Gasteiger partial charge on any atom is -0.324 e. The van der Waals surface area contributed by atoms with Gasteiger partial charge in [-0.25, -0.2) is 0 Å². The molecule has 0 aromatic rings. The molecule has 72 valence electrons. The summed E-state index contributed by atoms with van der Waals surface area (Å²) in [5.41, 5.74) is 9.46. The van der Waals surface area contributed by atoms with Crippen LogP contribution in [-0.2, 0) is 0 Å². The third-order valence-corrected chi connectivity index (χ3v) is 3.57. The van der Waals surface area contributed by atoms with Gasteiger partial charge >= 0.3 is 0 Å². The molecule has 0 fully saturated rings. The van der Waals surface area contributed by atoms with Crippen LogP contribution in [0.5, 0.6) is 0 Å². The number of allylic oxidation sites excluding steroid dienone is 1. The van der Waals surface area contributed by atoms with E-state index in [1.54, 1.807) is 11.1 Å². The van der Waals surface area contributed by atoms with E-state index in [1.165, 1.54) is 38.5 Å². The smallest absolute Gasteiger partial charge is 0.0287 e. The highest BCUT2D eigenvalue weighted by Crippen LogP contribution is 2.41. The maximum absolute atomic E-state index is 6.03. The van der Waals surface area contributed by atoms with Gasteiger partial charge in [-0.1, -0.05) is 17.2 Å². The van der Waals surface area contributed by atoms with Crippen LogP contribution in [-0.4, -0.2) is 6.04 Å². The first-order chi connectivity index (χ1) is 6.33. The maximum Gasteiger partial charge on any atom is 0.0287 e. The molecule has 0 aliphatic heterocycles. The molecule has 1 nitrogen and oxygen atoms in total. The van der Waals surface area contributed by atoms with E-state index in [0.717, 1.165) is 0 Å². The summed E-state index contributed by atoms with van der Waals surface area (Å²) in [5, 5.41) is 0. The van der Waals surface area contributed by atoms with E-state index in [4.69, 9.17) is 5.73 Å². The molecule has 1 heteroatoms. The third kappa shape index (κ3) is 1.58. The number of nitrogens with two attached hydrogens (primary N) is 1. The Balaban J connectivity index is 2.15. The molecular weight excluding hydrogens is 158 g/mol. The summed E-state index contributed by atoms with van der Waals surface area (Å²) in [6.07, 6.45) is 9.92. The van der Waals surface area contributed by atoms with Gasteiger partial charge in [0.1, 0.15) is 0 Å². The van der Waals surface area contributed by atoms with Crippen molar-refractivity contribution in [3.05, 3.63) is 23.8 Å². The van der Waals surface area contributed by atoms with Crippen molar-refractivity contribution in [2.45, 2.75) is 44.6 Å². The molecule has 0 heterocycles. The first-order valence-corrected chi connectivity index (χ1v) is 5.42. The molecule has 0 bridgehead atoms. The molecular formula is C12H19N. The van der Waals surface area contributed by atoms with Crippen LogP contribution in [0.3, 0.4) is 0 Å². The fourth-order valence-corrected chi connectivity index (χ4v) is 2.82. The second-order valence-corrected chi connectivity index (χ2v) is 4.29. The molecule has 0 spiro atoms. The lowest BCUT2D eigenvalue weighted by Crippen LogP contribution is -2.27. The molecule has 2 aliphatic carbocycles. The predicted octanol–water partition coefficient (Wildman–Crippen LogP) is 2.78. The SMILES string of the molecule is C=CC(N)C1CCC2=C1CCCC2. The van der Waals surface area contributed by atoms with Gasteiger partial charge < -0.3 is 5.73 Å². The molecule has 0 aromatic carbocycles. The highest BCUT2D eigenvalue weighted by molar-refractivity contribution is 5.27. The third-order valence-electron chi connectivity index (χ3n) is 3.57. The van der Waals surface area contributed by atoms with Crippen molar-refractivity contribution in [1.82, 2.24) is 0 Å². The van der Waals surface area contributed by atoms with Crippen LogP contribution in [0.15, 0.2) is 23.8 Å². The Morgan fingerprint density at radius 2 is 2.08 bits per heavy atom. The molecule has 2 N–H and O–H groups in total. The van der Waals surface area contributed by atoms with E-state index < -0.39 is 0 Å². The van der Waals surface area contributed by atoms with Gasteiger partial charge in [-0.2, -0.15) is 0 Å². The standard InChI is InChI=1S/C12H19N/c1-2-12(13)11-8-7-9-5-3-4-6-10(9)11/h2,11-12H,1,3-8,13H2. The first kappa shape index (κ1) is 9.01. The van der Waals surface area contributed by atoms with Gasteiger partial charge in [-0.3, -0.25) is 0 Å². The van der Waals surface area contributed by atoms with Crippen LogP contribution >= 0.6 is 0 Å². The van der Waals surface area contributed by atoms with Crippen LogP contribution in [0.25, 0.3) is 0 Å². The largest absolute Gasteiger partial charge is 0.324 e. The zero-order valence-corrected chi connectivity index (χ0v) is 8.26. The molecule has 0 amide bonds. The first-order valence-electron chi connectivity index (χ1n) is 5.42. The minimum atomic E-state index is 0.200. The van der Waals surface area contributed by atoms with E-state index in [1.807, 2.05) is 6.08 Å². The van der Waals surface area contributed by atoms with Gasteiger partial charge in [0.05, 0.1) is 0 Å². The summed E-state index contributed by atoms with van der Waals surface area (Å²) >= 11 is 0. The number of rotatable bonds is 2. The molecule has 0 radical (unpaired) electrons. The second-order valence-electron chi connectivity index (χ2n) is 4.29. The monoisotopic (exact) mass is 177 g/mol. The summed E-state index contributed by atoms with van der Waals surface area (Å²) < 4.78 is 0. The van der Waals surface area contributed by atoms with E-state index in [-0.39, 0.29) is 6.04 Å². The molecule has 0 saturated carbocycles. The Morgan fingerprint density at radius 3 is 2.85 bits per heavy atom. The Kier molecular flexibility index (Phi) is 2.54. The van der Waals surface area contributed by atoms with Gasteiger partial charge in [-0.05, 0) is 44.4 Å². The molecule has 2 aliphatic rings. The van der Waals surface area contributed by atoms with Crippen molar-refractivity contribution >= 4 is 0 Å². The molecule has 2 atom stereocenters. The highest BCUT2D eigenvalue weighted by atomic mass is 14.6. The topological polar surface area (TPSA) is 26.0 Å². The summed E-state index contributed by atoms with van der Waals surface area (Å²) in [6, 6.07) is 0.200. The van der Waals surface area contributed by atoms with Crippen molar-refractivity contribution in [2.24, 2.45) is 11.7 Å². The van der Waals surface area contributed by atoms with E-state index in [2.05, 4.69) is 6.58 Å². The second kappa shape index (κ2) is 3.67. The Labute approximate surface area is 80.7 Å². The van der Waals surface area contributed by atoms with Gasteiger partial charge in [0.25, 0.3) is 0 Å². The van der Waals surface area contributed by atoms with Crippen LogP contribution in [0.4, 0.5) is 0 Å². The van der Waals surface area contributed by atoms with E-state index in [0.29, 0.717) is 5.92 Å². The summed E-state index contributed by atoms with van der Waals surface area (Å²) in [6.45, 7) is 3.80. The normalized spacial score (nSPS) is 30.1. The van der Waals surface area contributed by atoms with Crippen LogP contribution < -0.4 is 5.73 Å². The predicted molar refractivity (Wildman–Crippen MR) is 56.4 cm³/mol. The lowest BCUT2D eigenvalue weighted by atomic mass is 9.86. The van der Waals surface area contributed by atoms with Crippen molar-refractivity contribution in [3.8, 4) is 0 Å². The fourth-order valence-electron chi connectivity index (χ4n) is 2.82. The average Bonchev–Trinajstić information content (AvgIpc) is 2.60. The van der Waals surface area contributed by atoms with Gasteiger partial charge in [-0.15, -0.1) is 6.58 Å². The van der Waals surface area contributed by atoms with Crippen LogP contribution in [0.1, 0.15) is 38.5 Å². The summed E-state index contributed by atoms with van der Waals surface area (Å²) in [4.78, 5) is 0. The minimum absolute atomic E-state index is 0.200. The van der Waals surface area contributed by atoms with Crippen molar-refractivity contribution < 1.29 is 0 Å². The quantitative estimate of drug-likeness (QED) is 0.645. The fraction of sp³-hybridized carbons (Fsp3) is 0.667. The van der Waals surface area contributed by atoms with Crippen molar-refractivity contribution in [3.63, 3.8) is 0 Å². The lowest BCUT2D eigenvalue weighted by molar-refractivity contribution is 0.518. The zero-order chi connectivity index (χ0) is 9.26. The van der Waals surface area contributed by atoms with Crippen molar-refractivity contribution in [2.75, 3.05) is 0 Å². The van der Waals surface area contributed by atoms with Crippen LogP contribution in [0, 0.1) is 5.92 Å². The Bertz CT molecular complexity index is 240. The maximum atomic E-state index is 6.03. The molecule has 2 rings (SSSR count). The number of hydrogen-bond acceptors (Lipinski definition) is 1. The van der Waals surface area contributed by atoms with Crippen molar-refractivity contribution in [1.29, 1.82) is 0 Å². The summed E-state index contributed by atoms with van der Waals surface area (Å²) in [7, 11) is 0. The highest BCUT2D eigenvalue weighted by Gasteiger charge is 2.29. The Hall–Kier alpha value is -0.560.